The molecule has 2 saturated heterocycles. The molecule has 1 N–H and O–H groups in total. The van der Waals surface area contributed by atoms with Gasteiger partial charge in [-0.1, -0.05) is 36.1 Å². The van der Waals surface area contributed by atoms with Gasteiger partial charge in [-0.25, -0.2) is 4.90 Å². The van der Waals surface area contributed by atoms with Gasteiger partial charge in [-0.05, 0) is 43.7 Å². The highest BCUT2D eigenvalue weighted by Crippen LogP contribution is 2.32. The van der Waals surface area contributed by atoms with Crippen LogP contribution in [0.3, 0.4) is 0 Å². The summed E-state index contributed by atoms with van der Waals surface area (Å²) in [7, 11) is 0. The van der Waals surface area contributed by atoms with Crippen LogP contribution in [-0.2, 0) is 4.79 Å². The fourth-order valence-electron chi connectivity index (χ4n) is 3.58. The van der Waals surface area contributed by atoms with E-state index in [0.29, 0.717) is 21.7 Å². The smallest absolute Gasteiger partial charge is 0.270 e. The van der Waals surface area contributed by atoms with Crippen LogP contribution in [-0.4, -0.2) is 48.0 Å². The lowest BCUT2D eigenvalue weighted by Crippen LogP contribution is -3.16. The van der Waals surface area contributed by atoms with Crippen LogP contribution in [0.5, 0.6) is 0 Å². The van der Waals surface area contributed by atoms with Crippen LogP contribution in [0.25, 0.3) is 6.08 Å². The van der Waals surface area contributed by atoms with Gasteiger partial charge in [0.15, 0.2) is 11.0 Å². The van der Waals surface area contributed by atoms with E-state index in [2.05, 4.69) is 36.1 Å². The molecule has 2 fully saturated rings. The standard InChI is InChI=1S/C21H23N3O2S2/c1-15-4-3-5-17(12-15)23-10-8-22(9-11-23)14-24-20(25)19(28-21(24)27)13-18-7-6-16(2)26-18/h3-7,12-13H,8-11,14H2,1-2H3/p+1/b19-13-. The molecular weight excluding hydrogens is 390 g/mol. The number of amides is 1. The summed E-state index contributed by atoms with van der Waals surface area (Å²) in [5.41, 5.74) is 2.56. The third kappa shape index (κ3) is 4.16. The molecule has 0 radical (unpaired) electrons. The molecule has 4 rings (SSSR count). The molecule has 2 aromatic rings. The second kappa shape index (κ2) is 8.11. The van der Waals surface area contributed by atoms with Gasteiger partial charge in [-0.15, -0.1) is 0 Å². The van der Waals surface area contributed by atoms with Crippen molar-refractivity contribution in [2.24, 2.45) is 0 Å². The lowest BCUT2D eigenvalue weighted by molar-refractivity contribution is -0.907. The molecule has 2 aliphatic heterocycles. The summed E-state index contributed by atoms with van der Waals surface area (Å²) in [6.45, 7) is 8.58. The number of carbonyl (C=O) groups excluding carboxylic acids is 1. The first-order valence-corrected chi connectivity index (χ1v) is 10.7. The monoisotopic (exact) mass is 414 g/mol. The van der Waals surface area contributed by atoms with Crippen molar-refractivity contribution in [2.45, 2.75) is 13.8 Å². The molecule has 0 bridgehead atoms. The summed E-state index contributed by atoms with van der Waals surface area (Å²) in [4.78, 5) is 19.0. The molecule has 146 valence electrons. The number of thiocarbonyl (C=S) groups is 1. The summed E-state index contributed by atoms with van der Waals surface area (Å²) in [5.74, 6) is 1.51. The van der Waals surface area contributed by atoms with Gasteiger partial charge in [-0.2, -0.15) is 0 Å². The Labute approximate surface area is 175 Å². The molecule has 5 nitrogen and oxygen atoms in total. The Morgan fingerprint density at radius 2 is 2.00 bits per heavy atom. The van der Waals surface area contributed by atoms with Crippen LogP contribution in [0, 0.1) is 13.8 Å². The van der Waals surface area contributed by atoms with E-state index in [0.717, 1.165) is 31.9 Å². The topological polar surface area (TPSA) is 41.1 Å². The minimum atomic E-state index is -0.0160. The highest BCUT2D eigenvalue weighted by molar-refractivity contribution is 8.26. The Morgan fingerprint density at radius 1 is 1.21 bits per heavy atom. The number of aryl methyl sites for hydroxylation is 2. The number of nitrogens with zero attached hydrogens (tertiary/aromatic N) is 2. The Morgan fingerprint density at radius 3 is 2.68 bits per heavy atom. The third-order valence-electron chi connectivity index (χ3n) is 5.13. The van der Waals surface area contributed by atoms with Crippen molar-refractivity contribution in [2.75, 3.05) is 37.7 Å². The van der Waals surface area contributed by atoms with Crippen LogP contribution in [0.1, 0.15) is 17.1 Å². The SMILES string of the molecule is Cc1cccc(N2CC[NH+](CN3C(=O)/C(=C/c4ccc(C)o4)SC3=S)CC2)c1. The predicted molar refractivity (Wildman–Crippen MR) is 117 cm³/mol. The van der Waals surface area contributed by atoms with Crippen LogP contribution >= 0.6 is 24.0 Å². The lowest BCUT2D eigenvalue weighted by Gasteiger charge is -2.35. The normalized spacial score (nSPS) is 19.9. The quantitative estimate of drug-likeness (QED) is 0.615. The number of rotatable bonds is 4. The number of carbonyl (C=O) groups is 1. The van der Waals surface area contributed by atoms with Gasteiger partial charge in [0, 0.05) is 11.8 Å². The van der Waals surface area contributed by atoms with Crippen LogP contribution in [0.15, 0.2) is 45.7 Å². The highest BCUT2D eigenvalue weighted by Gasteiger charge is 2.35. The summed E-state index contributed by atoms with van der Waals surface area (Å²) < 4.78 is 6.19. The first-order chi connectivity index (χ1) is 13.5. The Hall–Kier alpha value is -2.09. The molecule has 7 heteroatoms. The van der Waals surface area contributed by atoms with Crippen LogP contribution < -0.4 is 9.80 Å². The van der Waals surface area contributed by atoms with E-state index < -0.39 is 0 Å². The van der Waals surface area contributed by atoms with Gasteiger partial charge in [-0.3, -0.25) is 4.79 Å². The van der Waals surface area contributed by atoms with Gasteiger partial charge in [0.25, 0.3) is 5.91 Å². The third-order valence-corrected chi connectivity index (χ3v) is 6.50. The summed E-state index contributed by atoms with van der Waals surface area (Å²) in [6.07, 6.45) is 1.79. The summed E-state index contributed by atoms with van der Waals surface area (Å²) in [6, 6.07) is 12.4. The van der Waals surface area contributed by atoms with Crippen molar-refractivity contribution in [3.63, 3.8) is 0 Å². The van der Waals surface area contributed by atoms with Crippen molar-refractivity contribution in [1.82, 2.24) is 4.90 Å². The van der Waals surface area contributed by atoms with E-state index in [-0.39, 0.29) is 5.91 Å². The van der Waals surface area contributed by atoms with E-state index >= 15 is 0 Å². The molecule has 0 atom stereocenters. The number of hydrogen-bond acceptors (Lipinski definition) is 5. The molecule has 3 heterocycles. The zero-order valence-electron chi connectivity index (χ0n) is 16.1. The second-order valence-electron chi connectivity index (χ2n) is 7.29. The number of quaternary nitrogens is 1. The number of nitrogens with one attached hydrogen (secondary N) is 1. The molecule has 0 saturated carbocycles. The first-order valence-electron chi connectivity index (χ1n) is 9.46. The number of furan rings is 1. The first kappa shape index (κ1) is 19.2. The van der Waals surface area contributed by atoms with Crippen molar-refractivity contribution < 1.29 is 14.1 Å². The van der Waals surface area contributed by atoms with Crippen molar-refractivity contribution in [3.8, 4) is 0 Å². The van der Waals surface area contributed by atoms with Crippen molar-refractivity contribution >= 4 is 46.0 Å². The molecule has 0 spiro atoms. The molecule has 1 amide bonds. The number of hydrogen-bond donors (Lipinski definition) is 1. The van der Waals surface area contributed by atoms with Gasteiger partial charge in [0.2, 0.25) is 0 Å². The van der Waals surface area contributed by atoms with Gasteiger partial charge in [0.1, 0.15) is 11.5 Å². The number of piperazine rings is 1. The largest absolute Gasteiger partial charge is 0.462 e. The van der Waals surface area contributed by atoms with Crippen molar-refractivity contribution in [1.29, 1.82) is 0 Å². The maximum absolute atomic E-state index is 12.8. The Kier molecular flexibility index (Phi) is 5.57. The fourth-order valence-corrected chi connectivity index (χ4v) is 4.82. The van der Waals surface area contributed by atoms with Crippen molar-refractivity contribution in [3.05, 3.63) is 58.4 Å². The van der Waals surface area contributed by atoms with Crippen LogP contribution in [0.4, 0.5) is 5.69 Å². The molecular formula is C21H24N3O2S2+. The second-order valence-corrected chi connectivity index (χ2v) is 8.97. The Bertz CT molecular complexity index is 929. The number of thioether (sulfide) groups is 1. The molecule has 0 unspecified atom stereocenters. The fraction of sp³-hybridized carbons (Fsp3) is 0.333. The lowest BCUT2D eigenvalue weighted by atomic mass is 10.2. The molecule has 0 aliphatic carbocycles. The van der Waals surface area contributed by atoms with E-state index in [4.69, 9.17) is 16.6 Å². The summed E-state index contributed by atoms with van der Waals surface area (Å²) in [5, 5.41) is 0. The average molecular weight is 415 g/mol. The molecule has 2 aliphatic rings. The number of benzene rings is 1. The molecule has 1 aromatic carbocycles. The zero-order chi connectivity index (χ0) is 19.7. The van der Waals surface area contributed by atoms with E-state index in [9.17, 15) is 4.79 Å². The highest BCUT2D eigenvalue weighted by atomic mass is 32.2. The molecule has 28 heavy (non-hydrogen) atoms. The minimum absolute atomic E-state index is 0.0160. The zero-order valence-corrected chi connectivity index (χ0v) is 17.7. The summed E-state index contributed by atoms with van der Waals surface area (Å²) >= 11 is 6.83. The van der Waals surface area contributed by atoms with E-state index in [1.165, 1.54) is 27.9 Å². The van der Waals surface area contributed by atoms with Gasteiger partial charge >= 0.3 is 0 Å². The van der Waals surface area contributed by atoms with E-state index in [1.54, 1.807) is 11.0 Å². The van der Waals surface area contributed by atoms with E-state index in [1.807, 2.05) is 19.1 Å². The maximum atomic E-state index is 12.8. The molecule has 1 aromatic heterocycles. The minimum Gasteiger partial charge on any atom is -0.462 e. The Balaban J connectivity index is 1.36. The average Bonchev–Trinajstić information content (AvgIpc) is 3.20. The van der Waals surface area contributed by atoms with Gasteiger partial charge < -0.3 is 14.2 Å². The number of anilines is 1. The van der Waals surface area contributed by atoms with Crippen LogP contribution in [0.2, 0.25) is 0 Å². The van der Waals surface area contributed by atoms with Gasteiger partial charge in [0.05, 0.1) is 31.1 Å². The predicted octanol–water partition coefficient (Wildman–Crippen LogP) is 2.46. The maximum Gasteiger partial charge on any atom is 0.270 e.